The Bertz CT molecular complexity index is 800. The lowest BCUT2D eigenvalue weighted by Crippen LogP contribution is -2.12. The Morgan fingerprint density at radius 1 is 1.20 bits per heavy atom. The van der Waals surface area contributed by atoms with Crippen molar-refractivity contribution < 1.29 is 4.79 Å². The predicted molar refractivity (Wildman–Crippen MR) is 78.3 cm³/mol. The van der Waals surface area contributed by atoms with Crippen LogP contribution in [0.15, 0.2) is 36.7 Å². The van der Waals surface area contributed by atoms with Gasteiger partial charge in [-0.3, -0.25) is 9.89 Å². The highest BCUT2D eigenvalue weighted by Crippen LogP contribution is 2.21. The summed E-state index contributed by atoms with van der Waals surface area (Å²) in [5, 5.41) is 10.8. The maximum absolute atomic E-state index is 12.1. The number of pyridine rings is 1. The molecule has 0 aliphatic rings. The van der Waals surface area contributed by atoms with Gasteiger partial charge < -0.3 is 5.32 Å². The summed E-state index contributed by atoms with van der Waals surface area (Å²) in [6.07, 6.45) is 3.06. The lowest BCUT2D eigenvalue weighted by Gasteiger charge is -2.05. The fraction of sp³-hybridized carbons (Fsp3) is 0. The van der Waals surface area contributed by atoms with Crippen molar-refractivity contribution in [1.82, 2.24) is 15.2 Å². The maximum Gasteiger partial charge on any atom is 0.257 e. The molecule has 100 valence electrons. The molecule has 0 aliphatic heterocycles. The van der Waals surface area contributed by atoms with Gasteiger partial charge in [-0.2, -0.15) is 5.10 Å². The summed E-state index contributed by atoms with van der Waals surface area (Å²) in [4.78, 5) is 15.9. The molecule has 1 amide bonds. The minimum Gasteiger partial charge on any atom is -0.322 e. The van der Waals surface area contributed by atoms with E-state index in [0.29, 0.717) is 11.3 Å². The summed E-state index contributed by atoms with van der Waals surface area (Å²) in [5.74, 6) is -0.307. The number of hydrogen-bond donors (Lipinski definition) is 2. The Labute approximate surface area is 123 Å². The van der Waals surface area contributed by atoms with Gasteiger partial charge in [0, 0.05) is 17.3 Å². The van der Waals surface area contributed by atoms with E-state index in [2.05, 4.69) is 20.5 Å². The summed E-state index contributed by atoms with van der Waals surface area (Å²) in [6.45, 7) is 0. The number of nitrogens with zero attached hydrogens (tertiary/aromatic N) is 2. The Balaban J connectivity index is 1.85. The highest BCUT2D eigenvalue weighted by molar-refractivity contribution is 6.41. The van der Waals surface area contributed by atoms with Crippen LogP contribution in [-0.4, -0.2) is 21.1 Å². The van der Waals surface area contributed by atoms with Crippen LogP contribution in [0.1, 0.15) is 10.4 Å². The fourth-order valence-electron chi connectivity index (χ4n) is 1.77. The monoisotopic (exact) mass is 306 g/mol. The summed E-state index contributed by atoms with van der Waals surface area (Å²) >= 11 is 11.6. The van der Waals surface area contributed by atoms with E-state index in [1.54, 1.807) is 12.3 Å². The molecule has 0 spiro atoms. The van der Waals surface area contributed by atoms with Crippen LogP contribution >= 0.6 is 23.2 Å². The number of fused-ring (bicyclic) bond motifs is 1. The van der Waals surface area contributed by atoms with Crippen LogP contribution in [-0.2, 0) is 0 Å². The van der Waals surface area contributed by atoms with Crippen LogP contribution in [0.25, 0.3) is 10.9 Å². The molecule has 0 aliphatic carbocycles. The van der Waals surface area contributed by atoms with Crippen LogP contribution in [0.3, 0.4) is 0 Å². The zero-order valence-corrected chi connectivity index (χ0v) is 11.5. The van der Waals surface area contributed by atoms with Crippen LogP contribution in [0.2, 0.25) is 10.2 Å². The van der Waals surface area contributed by atoms with E-state index >= 15 is 0 Å². The van der Waals surface area contributed by atoms with Crippen molar-refractivity contribution >= 4 is 45.7 Å². The van der Waals surface area contributed by atoms with Crippen molar-refractivity contribution in [3.63, 3.8) is 0 Å². The van der Waals surface area contributed by atoms with Gasteiger partial charge in [0.1, 0.15) is 5.15 Å². The molecule has 0 fully saturated rings. The largest absolute Gasteiger partial charge is 0.322 e. The van der Waals surface area contributed by atoms with E-state index in [9.17, 15) is 4.79 Å². The van der Waals surface area contributed by atoms with E-state index in [-0.39, 0.29) is 16.1 Å². The number of rotatable bonds is 2. The maximum atomic E-state index is 12.1. The molecule has 1 aromatic carbocycles. The first kappa shape index (κ1) is 12.9. The number of aromatic nitrogens is 3. The normalized spacial score (nSPS) is 10.7. The quantitative estimate of drug-likeness (QED) is 0.712. The molecular weight excluding hydrogens is 299 g/mol. The molecule has 5 nitrogen and oxygen atoms in total. The topological polar surface area (TPSA) is 70.7 Å². The molecular formula is C13H8Cl2N4O. The molecule has 0 saturated carbocycles. The molecule has 3 rings (SSSR count). The molecule has 0 saturated heterocycles. The third-order valence-electron chi connectivity index (χ3n) is 2.76. The van der Waals surface area contributed by atoms with E-state index in [0.717, 1.165) is 10.9 Å². The summed E-state index contributed by atoms with van der Waals surface area (Å²) in [6, 6.07) is 6.92. The molecule has 3 aromatic rings. The number of nitrogens with one attached hydrogen (secondary N) is 2. The van der Waals surface area contributed by atoms with Crippen LogP contribution in [0.5, 0.6) is 0 Å². The van der Waals surface area contributed by atoms with Crippen LogP contribution in [0.4, 0.5) is 5.69 Å². The van der Waals surface area contributed by atoms with Crippen LogP contribution < -0.4 is 5.32 Å². The number of halogens is 2. The number of hydrogen-bond acceptors (Lipinski definition) is 3. The first-order valence-electron chi connectivity index (χ1n) is 5.69. The number of amides is 1. The smallest absolute Gasteiger partial charge is 0.257 e. The number of H-pyrrole nitrogens is 1. The molecule has 2 N–H and O–H groups in total. The van der Waals surface area contributed by atoms with Gasteiger partial charge in [0.25, 0.3) is 5.91 Å². The molecule has 0 radical (unpaired) electrons. The summed E-state index contributed by atoms with van der Waals surface area (Å²) in [7, 11) is 0. The Kier molecular flexibility index (Phi) is 3.30. The molecule has 0 atom stereocenters. The Hall–Kier alpha value is -2.11. The minimum absolute atomic E-state index is 0.169. The first-order valence-corrected chi connectivity index (χ1v) is 6.44. The van der Waals surface area contributed by atoms with Gasteiger partial charge >= 0.3 is 0 Å². The summed E-state index contributed by atoms with van der Waals surface area (Å²) < 4.78 is 0. The van der Waals surface area contributed by atoms with Crippen molar-refractivity contribution in [2.75, 3.05) is 5.32 Å². The van der Waals surface area contributed by atoms with Gasteiger partial charge in [0.2, 0.25) is 0 Å². The first-order chi connectivity index (χ1) is 9.63. The van der Waals surface area contributed by atoms with Gasteiger partial charge in [-0.05, 0) is 24.3 Å². The second-order valence-corrected chi connectivity index (χ2v) is 4.89. The standard InChI is InChI=1S/C13H8Cl2N4O/c14-10-4-8(5-16-12(10)15)13(20)18-9-1-2-11-7(3-9)6-17-19-11/h1-6H,(H,17,19)(H,18,20). The molecule has 0 bridgehead atoms. The van der Waals surface area contributed by atoms with E-state index in [1.165, 1.54) is 12.3 Å². The number of aromatic amines is 1. The molecule has 0 unspecified atom stereocenters. The molecule has 7 heteroatoms. The minimum atomic E-state index is -0.307. The second-order valence-electron chi connectivity index (χ2n) is 4.12. The Morgan fingerprint density at radius 3 is 2.85 bits per heavy atom. The van der Waals surface area contributed by atoms with Crippen molar-refractivity contribution in [1.29, 1.82) is 0 Å². The summed E-state index contributed by atoms with van der Waals surface area (Å²) in [5.41, 5.74) is 1.90. The van der Waals surface area contributed by atoms with Crippen molar-refractivity contribution in [3.8, 4) is 0 Å². The van der Waals surface area contributed by atoms with Crippen molar-refractivity contribution in [3.05, 3.63) is 52.4 Å². The number of carbonyl (C=O) groups excluding carboxylic acids is 1. The van der Waals surface area contributed by atoms with Crippen LogP contribution in [0, 0.1) is 0 Å². The average molecular weight is 307 g/mol. The highest BCUT2D eigenvalue weighted by Gasteiger charge is 2.10. The van der Waals surface area contributed by atoms with Gasteiger partial charge in [-0.15, -0.1) is 0 Å². The van der Waals surface area contributed by atoms with E-state index in [4.69, 9.17) is 23.2 Å². The number of anilines is 1. The predicted octanol–water partition coefficient (Wildman–Crippen LogP) is 3.52. The molecule has 2 heterocycles. The number of carbonyl (C=O) groups is 1. The van der Waals surface area contributed by atoms with E-state index in [1.807, 2.05) is 12.1 Å². The highest BCUT2D eigenvalue weighted by atomic mass is 35.5. The SMILES string of the molecule is O=C(Nc1ccc2[nH]ncc2c1)c1cnc(Cl)c(Cl)c1. The third kappa shape index (κ3) is 2.45. The van der Waals surface area contributed by atoms with Gasteiger partial charge in [0.05, 0.1) is 22.3 Å². The molecule has 20 heavy (non-hydrogen) atoms. The average Bonchev–Trinajstić information content (AvgIpc) is 2.89. The van der Waals surface area contributed by atoms with Crippen molar-refractivity contribution in [2.24, 2.45) is 0 Å². The van der Waals surface area contributed by atoms with Crippen molar-refractivity contribution in [2.45, 2.75) is 0 Å². The van der Waals surface area contributed by atoms with Gasteiger partial charge in [-0.1, -0.05) is 23.2 Å². The lowest BCUT2D eigenvalue weighted by molar-refractivity contribution is 0.102. The Morgan fingerprint density at radius 2 is 2.05 bits per heavy atom. The zero-order chi connectivity index (χ0) is 14.1. The van der Waals surface area contributed by atoms with Gasteiger partial charge in [-0.25, -0.2) is 4.98 Å². The fourth-order valence-corrected chi connectivity index (χ4v) is 2.04. The second kappa shape index (κ2) is 5.11. The zero-order valence-electron chi connectivity index (χ0n) is 10.0. The van der Waals surface area contributed by atoms with Gasteiger partial charge in [0.15, 0.2) is 0 Å². The number of benzene rings is 1. The lowest BCUT2D eigenvalue weighted by atomic mass is 10.2. The van der Waals surface area contributed by atoms with E-state index < -0.39 is 0 Å². The molecule has 2 aromatic heterocycles. The third-order valence-corrected chi connectivity index (χ3v) is 3.44.